The predicted octanol–water partition coefficient (Wildman–Crippen LogP) is 3.63. The Kier molecular flexibility index (Phi) is 8.53. The quantitative estimate of drug-likeness (QED) is 0.422. The highest BCUT2D eigenvalue weighted by Gasteiger charge is 2.02. The molecule has 2 aromatic rings. The van der Waals surface area contributed by atoms with Crippen LogP contribution in [0.1, 0.15) is 16.7 Å². The molecule has 0 aliphatic carbocycles. The topological polar surface area (TPSA) is 45.7 Å². The second kappa shape index (κ2) is 10.1. The number of rotatable bonds is 5. The van der Waals surface area contributed by atoms with E-state index in [0.29, 0.717) is 24.6 Å². The Bertz CT molecular complexity index is 692. The zero-order valence-electron chi connectivity index (χ0n) is 14.1. The Morgan fingerprint density at radius 3 is 2.33 bits per heavy atom. The van der Waals surface area contributed by atoms with Gasteiger partial charge in [-0.05, 0) is 41.8 Å². The van der Waals surface area contributed by atoms with Crippen molar-refractivity contribution in [2.75, 3.05) is 14.2 Å². The van der Waals surface area contributed by atoms with E-state index in [4.69, 9.17) is 4.74 Å². The van der Waals surface area contributed by atoms with Crippen LogP contribution in [0.4, 0.5) is 4.39 Å². The summed E-state index contributed by atoms with van der Waals surface area (Å²) >= 11 is 0. The van der Waals surface area contributed by atoms with Gasteiger partial charge in [-0.1, -0.05) is 24.3 Å². The molecule has 0 saturated carbocycles. The maximum atomic E-state index is 13.5. The lowest BCUT2D eigenvalue weighted by atomic mass is 10.1. The summed E-state index contributed by atoms with van der Waals surface area (Å²) in [7, 11) is 3.35. The van der Waals surface area contributed by atoms with Crippen LogP contribution in [0, 0.1) is 12.7 Å². The number of hydrogen-bond acceptors (Lipinski definition) is 2. The lowest BCUT2D eigenvalue weighted by Gasteiger charge is -2.13. The monoisotopic (exact) mass is 443 g/mol. The van der Waals surface area contributed by atoms with Crippen molar-refractivity contribution < 1.29 is 9.13 Å². The van der Waals surface area contributed by atoms with E-state index in [0.717, 1.165) is 16.9 Å². The minimum absolute atomic E-state index is 0. The highest BCUT2D eigenvalue weighted by atomic mass is 127. The number of methoxy groups -OCH3 is 1. The molecule has 2 aromatic carbocycles. The van der Waals surface area contributed by atoms with Crippen LogP contribution >= 0.6 is 24.0 Å². The minimum atomic E-state index is -0.191. The smallest absolute Gasteiger partial charge is 0.191 e. The van der Waals surface area contributed by atoms with Gasteiger partial charge in [-0.15, -0.1) is 24.0 Å². The van der Waals surface area contributed by atoms with E-state index in [9.17, 15) is 4.39 Å². The van der Waals surface area contributed by atoms with Crippen molar-refractivity contribution >= 4 is 29.9 Å². The molecule has 0 heterocycles. The first kappa shape index (κ1) is 20.2. The van der Waals surface area contributed by atoms with E-state index in [1.54, 1.807) is 27.1 Å². The second-order valence-electron chi connectivity index (χ2n) is 5.21. The predicted molar refractivity (Wildman–Crippen MR) is 107 cm³/mol. The van der Waals surface area contributed by atoms with Crippen LogP contribution in [0.15, 0.2) is 47.5 Å². The van der Waals surface area contributed by atoms with Gasteiger partial charge in [0.15, 0.2) is 5.96 Å². The number of benzene rings is 2. The van der Waals surface area contributed by atoms with E-state index in [2.05, 4.69) is 15.6 Å². The lowest BCUT2D eigenvalue weighted by Crippen LogP contribution is -2.36. The first-order chi connectivity index (χ1) is 11.1. The molecule has 0 spiro atoms. The average molecular weight is 443 g/mol. The summed E-state index contributed by atoms with van der Waals surface area (Å²) in [5, 5.41) is 6.40. The molecule has 0 amide bonds. The molecule has 4 nitrogen and oxygen atoms in total. The number of hydrogen-bond donors (Lipinski definition) is 2. The fourth-order valence-electron chi connectivity index (χ4n) is 2.12. The highest BCUT2D eigenvalue weighted by molar-refractivity contribution is 14.0. The van der Waals surface area contributed by atoms with Gasteiger partial charge in [0.1, 0.15) is 11.6 Å². The Morgan fingerprint density at radius 2 is 1.75 bits per heavy atom. The van der Waals surface area contributed by atoms with Crippen molar-refractivity contribution in [2.45, 2.75) is 20.0 Å². The summed E-state index contributed by atoms with van der Waals surface area (Å²) < 4.78 is 18.7. The number of guanidine groups is 1. The van der Waals surface area contributed by atoms with Crippen LogP contribution in [0.5, 0.6) is 5.75 Å². The molecule has 0 bridgehead atoms. The average Bonchev–Trinajstić information content (AvgIpc) is 2.58. The third-order valence-corrected chi connectivity index (χ3v) is 3.51. The fraction of sp³-hybridized carbons (Fsp3) is 0.278. The van der Waals surface area contributed by atoms with Crippen molar-refractivity contribution in [2.24, 2.45) is 4.99 Å². The molecular weight excluding hydrogens is 420 g/mol. The highest BCUT2D eigenvalue weighted by Crippen LogP contribution is 2.12. The molecule has 0 aliphatic rings. The van der Waals surface area contributed by atoms with Crippen molar-refractivity contribution in [3.8, 4) is 5.75 Å². The molecule has 0 aliphatic heterocycles. The maximum absolute atomic E-state index is 13.5. The van der Waals surface area contributed by atoms with Gasteiger partial charge in [-0.2, -0.15) is 0 Å². The third-order valence-electron chi connectivity index (χ3n) is 3.51. The van der Waals surface area contributed by atoms with Gasteiger partial charge in [-0.3, -0.25) is 4.99 Å². The third kappa shape index (κ3) is 5.99. The first-order valence-corrected chi connectivity index (χ1v) is 7.45. The number of aliphatic imine (C=N–C) groups is 1. The van der Waals surface area contributed by atoms with Crippen LogP contribution in [-0.4, -0.2) is 20.1 Å². The van der Waals surface area contributed by atoms with E-state index >= 15 is 0 Å². The lowest BCUT2D eigenvalue weighted by molar-refractivity contribution is 0.414. The Morgan fingerprint density at radius 1 is 1.08 bits per heavy atom. The molecule has 2 N–H and O–H groups in total. The SMILES string of the molecule is CN=C(NCc1cccc(OC)c1)NCc1ccc(C)c(F)c1.I. The van der Waals surface area contributed by atoms with E-state index in [-0.39, 0.29) is 29.8 Å². The summed E-state index contributed by atoms with van der Waals surface area (Å²) in [6.07, 6.45) is 0. The molecule has 0 unspecified atom stereocenters. The normalized spacial score (nSPS) is 10.8. The van der Waals surface area contributed by atoms with Gasteiger partial charge >= 0.3 is 0 Å². The van der Waals surface area contributed by atoms with Gasteiger partial charge in [0, 0.05) is 20.1 Å². The molecular formula is C18H23FIN3O. The summed E-state index contributed by atoms with van der Waals surface area (Å²) in [5.74, 6) is 1.29. The number of ether oxygens (including phenoxy) is 1. The van der Waals surface area contributed by atoms with Crippen LogP contribution < -0.4 is 15.4 Å². The van der Waals surface area contributed by atoms with Gasteiger partial charge in [0.25, 0.3) is 0 Å². The Hall–Kier alpha value is -1.83. The van der Waals surface area contributed by atoms with E-state index in [1.165, 1.54) is 6.07 Å². The molecule has 0 saturated heterocycles. The second-order valence-corrected chi connectivity index (χ2v) is 5.21. The minimum Gasteiger partial charge on any atom is -0.497 e. The van der Waals surface area contributed by atoms with Crippen LogP contribution in [-0.2, 0) is 13.1 Å². The summed E-state index contributed by atoms with van der Waals surface area (Å²) in [4.78, 5) is 4.17. The van der Waals surface area contributed by atoms with Crippen LogP contribution in [0.3, 0.4) is 0 Å². The van der Waals surface area contributed by atoms with Gasteiger partial charge < -0.3 is 15.4 Å². The largest absolute Gasteiger partial charge is 0.497 e. The van der Waals surface area contributed by atoms with E-state index < -0.39 is 0 Å². The van der Waals surface area contributed by atoms with Crippen LogP contribution in [0.25, 0.3) is 0 Å². The fourth-order valence-corrected chi connectivity index (χ4v) is 2.12. The first-order valence-electron chi connectivity index (χ1n) is 7.45. The molecule has 0 radical (unpaired) electrons. The standard InChI is InChI=1S/C18H22FN3O.HI/c1-13-7-8-15(10-17(13)19)12-22-18(20-2)21-11-14-5-4-6-16(9-14)23-3;/h4-10H,11-12H2,1-3H3,(H2,20,21,22);1H. The summed E-state index contributed by atoms with van der Waals surface area (Å²) in [5.41, 5.74) is 2.61. The van der Waals surface area contributed by atoms with Crippen molar-refractivity contribution in [1.29, 1.82) is 0 Å². The Labute approximate surface area is 159 Å². The molecule has 6 heteroatoms. The number of nitrogens with one attached hydrogen (secondary N) is 2. The van der Waals surface area contributed by atoms with Gasteiger partial charge in [0.05, 0.1) is 7.11 Å². The molecule has 130 valence electrons. The molecule has 2 rings (SSSR count). The summed E-state index contributed by atoms with van der Waals surface area (Å²) in [6, 6.07) is 13.1. The van der Waals surface area contributed by atoms with Gasteiger partial charge in [-0.25, -0.2) is 4.39 Å². The molecule has 0 aromatic heterocycles. The van der Waals surface area contributed by atoms with E-state index in [1.807, 2.05) is 30.3 Å². The van der Waals surface area contributed by atoms with Crippen molar-refractivity contribution in [3.05, 3.63) is 65.0 Å². The van der Waals surface area contributed by atoms with Crippen molar-refractivity contribution in [3.63, 3.8) is 0 Å². The zero-order chi connectivity index (χ0) is 16.7. The number of aryl methyl sites for hydroxylation is 1. The van der Waals surface area contributed by atoms with Crippen LogP contribution in [0.2, 0.25) is 0 Å². The molecule has 24 heavy (non-hydrogen) atoms. The number of nitrogens with zero attached hydrogens (tertiary/aromatic N) is 1. The summed E-state index contributed by atoms with van der Waals surface area (Å²) in [6.45, 7) is 2.88. The van der Waals surface area contributed by atoms with Gasteiger partial charge in [0.2, 0.25) is 0 Å². The number of halogens is 2. The maximum Gasteiger partial charge on any atom is 0.191 e. The zero-order valence-corrected chi connectivity index (χ0v) is 16.4. The molecule has 0 atom stereocenters. The van der Waals surface area contributed by atoms with Crippen molar-refractivity contribution in [1.82, 2.24) is 10.6 Å². The molecule has 0 fully saturated rings. The Balaban J connectivity index is 0.00000288.